The number of fused-ring (bicyclic) bond motifs is 1. The highest BCUT2D eigenvalue weighted by molar-refractivity contribution is 8.00. The zero-order valence-corrected chi connectivity index (χ0v) is 13.6. The summed E-state index contributed by atoms with van der Waals surface area (Å²) in [6, 6.07) is 8.01. The first kappa shape index (κ1) is 15.4. The molecule has 118 valence electrons. The maximum absolute atomic E-state index is 12.4. The van der Waals surface area contributed by atoms with E-state index in [1.54, 1.807) is 4.90 Å². The lowest BCUT2D eigenvalue weighted by atomic mass is 9.81. The molecular formula is C17H21NO3S. The van der Waals surface area contributed by atoms with Crippen molar-refractivity contribution in [1.29, 1.82) is 0 Å². The molecule has 5 heteroatoms. The number of aryl methyl sites for hydroxylation is 1. The van der Waals surface area contributed by atoms with Gasteiger partial charge in [-0.2, -0.15) is 0 Å². The molecule has 1 N–H and O–H groups in total. The Morgan fingerprint density at radius 2 is 2.18 bits per heavy atom. The maximum Gasteiger partial charge on any atom is 0.311 e. The lowest BCUT2D eigenvalue weighted by Gasteiger charge is -2.23. The van der Waals surface area contributed by atoms with Crippen LogP contribution >= 0.6 is 11.8 Å². The molecule has 1 aliphatic heterocycles. The predicted octanol–water partition coefficient (Wildman–Crippen LogP) is 2.80. The van der Waals surface area contributed by atoms with Crippen molar-refractivity contribution in [1.82, 2.24) is 4.90 Å². The molecule has 1 aromatic carbocycles. The molecule has 2 atom stereocenters. The monoisotopic (exact) mass is 319 g/mol. The summed E-state index contributed by atoms with van der Waals surface area (Å²) in [6.45, 7) is 3.03. The average molecular weight is 319 g/mol. The van der Waals surface area contributed by atoms with E-state index in [2.05, 4.69) is 0 Å². The van der Waals surface area contributed by atoms with E-state index in [0.717, 1.165) is 17.7 Å². The van der Waals surface area contributed by atoms with E-state index in [4.69, 9.17) is 0 Å². The number of carboxylic acid groups (broad SMARTS) is 1. The van der Waals surface area contributed by atoms with Gasteiger partial charge in [0.2, 0.25) is 5.91 Å². The molecular weight excluding hydrogens is 298 g/mol. The summed E-state index contributed by atoms with van der Waals surface area (Å²) in [5.41, 5.74) is 0.490. The van der Waals surface area contributed by atoms with Crippen molar-refractivity contribution in [2.75, 3.05) is 18.8 Å². The third-order valence-corrected chi connectivity index (χ3v) is 6.25. The number of carbonyl (C=O) groups is 2. The number of benzene rings is 1. The molecule has 1 saturated carbocycles. The zero-order valence-electron chi connectivity index (χ0n) is 12.7. The summed E-state index contributed by atoms with van der Waals surface area (Å²) in [4.78, 5) is 27.0. The van der Waals surface area contributed by atoms with Crippen LogP contribution in [0.4, 0.5) is 0 Å². The first-order valence-electron chi connectivity index (χ1n) is 7.72. The number of amides is 1. The normalized spacial score (nSPS) is 27.0. The van der Waals surface area contributed by atoms with Gasteiger partial charge in [-0.1, -0.05) is 24.6 Å². The molecule has 0 spiro atoms. The van der Waals surface area contributed by atoms with Crippen LogP contribution in [0.5, 0.6) is 0 Å². The molecule has 1 saturated heterocycles. The predicted molar refractivity (Wildman–Crippen MR) is 85.9 cm³/mol. The van der Waals surface area contributed by atoms with Crippen molar-refractivity contribution in [3.63, 3.8) is 0 Å². The number of carbonyl (C=O) groups excluding carboxylic acids is 1. The van der Waals surface area contributed by atoms with E-state index in [9.17, 15) is 14.7 Å². The smallest absolute Gasteiger partial charge is 0.311 e. The molecule has 22 heavy (non-hydrogen) atoms. The van der Waals surface area contributed by atoms with Gasteiger partial charge in [-0.3, -0.25) is 9.59 Å². The van der Waals surface area contributed by atoms with E-state index in [1.807, 2.05) is 31.2 Å². The molecule has 0 bridgehead atoms. The highest BCUT2D eigenvalue weighted by Gasteiger charge is 2.55. The summed E-state index contributed by atoms with van der Waals surface area (Å²) in [5.74, 6) is -0.148. The molecule has 4 nitrogen and oxygen atoms in total. The summed E-state index contributed by atoms with van der Waals surface area (Å²) in [7, 11) is 0. The van der Waals surface area contributed by atoms with Gasteiger partial charge in [-0.15, -0.1) is 11.8 Å². The van der Waals surface area contributed by atoms with Crippen molar-refractivity contribution in [2.45, 2.75) is 31.1 Å². The Bertz CT molecular complexity index is 603. The third-order valence-electron chi connectivity index (χ3n) is 5.09. The summed E-state index contributed by atoms with van der Waals surface area (Å²) in [5, 5.41) is 9.57. The molecule has 1 aliphatic carbocycles. The van der Waals surface area contributed by atoms with Crippen LogP contribution in [-0.4, -0.2) is 40.7 Å². The lowest BCUT2D eigenvalue weighted by Crippen LogP contribution is -2.37. The summed E-state index contributed by atoms with van der Waals surface area (Å²) in [6.07, 6.45) is 2.61. The number of thioether (sulfide) groups is 1. The minimum Gasteiger partial charge on any atom is -0.481 e. The Kier molecular flexibility index (Phi) is 4.17. The second-order valence-corrected chi connectivity index (χ2v) is 7.40. The molecule has 1 aromatic rings. The number of likely N-dealkylation sites (tertiary alicyclic amines) is 1. The Balaban J connectivity index is 1.63. The van der Waals surface area contributed by atoms with Crippen LogP contribution in [0.15, 0.2) is 29.2 Å². The molecule has 0 unspecified atom stereocenters. The topological polar surface area (TPSA) is 57.6 Å². The SMILES string of the molecule is Cc1ccccc1SCC(=O)N1C[C@@H]2CCC[C@@]2(C(=O)O)C1. The fraction of sp³-hybridized carbons (Fsp3) is 0.529. The largest absolute Gasteiger partial charge is 0.481 e. The second-order valence-electron chi connectivity index (χ2n) is 6.38. The van der Waals surface area contributed by atoms with Crippen molar-refractivity contribution >= 4 is 23.6 Å². The Morgan fingerprint density at radius 1 is 1.41 bits per heavy atom. The maximum atomic E-state index is 12.4. The summed E-state index contributed by atoms with van der Waals surface area (Å²) < 4.78 is 0. The van der Waals surface area contributed by atoms with Crippen LogP contribution in [0.25, 0.3) is 0 Å². The number of rotatable bonds is 4. The molecule has 1 heterocycles. The van der Waals surface area contributed by atoms with Crippen molar-refractivity contribution in [3.05, 3.63) is 29.8 Å². The number of carboxylic acids is 1. The molecule has 2 aliphatic rings. The molecule has 0 aromatic heterocycles. The zero-order chi connectivity index (χ0) is 15.7. The molecule has 0 radical (unpaired) electrons. The molecule has 1 amide bonds. The van der Waals surface area contributed by atoms with Crippen LogP contribution in [-0.2, 0) is 9.59 Å². The number of nitrogens with zero attached hydrogens (tertiary/aromatic N) is 1. The fourth-order valence-electron chi connectivity index (χ4n) is 3.78. The Morgan fingerprint density at radius 3 is 2.86 bits per heavy atom. The van der Waals surface area contributed by atoms with Crippen LogP contribution < -0.4 is 0 Å². The van der Waals surface area contributed by atoms with E-state index in [1.165, 1.54) is 17.3 Å². The van der Waals surface area contributed by atoms with Gasteiger partial charge in [0.1, 0.15) is 0 Å². The van der Waals surface area contributed by atoms with Crippen molar-refractivity contribution in [3.8, 4) is 0 Å². The van der Waals surface area contributed by atoms with Crippen molar-refractivity contribution < 1.29 is 14.7 Å². The van der Waals surface area contributed by atoms with E-state index in [-0.39, 0.29) is 11.8 Å². The van der Waals surface area contributed by atoms with Gasteiger partial charge in [0, 0.05) is 18.0 Å². The van der Waals surface area contributed by atoms with E-state index < -0.39 is 11.4 Å². The molecule has 3 rings (SSSR count). The highest BCUT2D eigenvalue weighted by Crippen LogP contribution is 2.49. The number of hydrogen-bond donors (Lipinski definition) is 1. The molecule has 2 fully saturated rings. The Hall–Kier alpha value is -1.49. The van der Waals surface area contributed by atoms with E-state index in [0.29, 0.717) is 25.3 Å². The minimum absolute atomic E-state index is 0.0586. The van der Waals surface area contributed by atoms with Crippen LogP contribution in [0, 0.1) is 18.3 Å². The van der Waals surface area contributed by atoms with Crippen molar-refractivity contribution in [2.24, 2.45) is 11.3 Å². The van der Waals surface area contributed by atoms with Crippen LogP contribution in [0.1, 0.15) is 24.8 Å². The lowest BCUT2D eigenvalue weighted by molar-refractivity contribution is -0.149. The minimum atomic E-state index is -0.725. The first-order chi connectivity index (χ1) is 10.5. The van der Waals surface area contributed by atoms with Crippen LogP contribution in [0.2, 0.25) is 0 Å². The van der Waals surface area contributed by atoms with Crippen LogP contribution in [0.3, 0.4) is 0 Å². The van der Waals surface area contributed by atoms with Gasteiger partial charge < -0.3 is 10.0 Å². The highest BCUT2D eigenvalue weighted by atomic mass is 32.2. The third kappa shape index (κ3) is 2.62. The van der Waals surface area contributed by atoms with Gasteiger partial charge in [0.15, 0.2) is 0 Å². The number of aliphatic carboxylic acids is 1. The number of hydrogen-bond acceptors (Lipinski definition) is 3. The second kappa shape index (κ2) is 5.95. The standard InChI is InChI=1S/C17H21NO3S/c1-12-5-2-3-7-14(12)22-10-15(19)18-9-13-6-4-8-17(13,11-18)16(20)21/h2-3,5,7,13H,4,6,8-11H2,1H3,(H,20,21)/t13-,17+/m0/s1. The van der Waals surface area contributed by atoms with Gasteiger partial charge in [-0.05, 0) is 37.3 Å². The summed E-state index contributed by atoms with van der Waals surface area (Å²) >= 11 is 1.54. The Labute approximate surface area is 134 Å². The average Bonchev–Trinajstić information content (AvgIpc) is 3.04. The van der Waals surface area contributed by atoms with Gasteiger partial charge in [0.05, 0.1) is 11.2 Å². The first-order valence-corrected chi connectivity index (χ1v) is 8.71. The van der Waals surface area contributed by atoms with Gasteiger partial charge in [-0.25, -0.2) is 0 Å². The van der Waals surface area contributed by atoms with Gasteiger partial charge in [0.25, 0.3) is 0 Å². The fourth-order valence-corrected chi connectivity index (χ4v) is 4.71. The van der Waals surface area contributed by atoms with E-state index >= 15 is 0 Å². The van der Waals surface area contributed by atoms with Gasteiger partial charge >= 0.3 is 5.97 Å². The quantitative estimate of drug-likeness (QED) is 0.867.